The lowest BCUT2D eigenvalue weighted by molar-refractivity contribution is 0.101. The maximum Gasteiger partial charge on any atom is 0.196 e. The Kier molecular flexibility index (Phi) is 2.73. The van der Waals surface area contributed by atoms with Crippen molar-refractivity contribution in [1.29, 1.82) is 0 Å². The molecule has 1 aromatic heterocycles. The van der Waals surface area contributed by atoms with Crippen molar-refractivity contribution in [3.05, 3.63) is 51.5 Å². The van der Waals surface area contributed by atoms with Crippen molar-refractivity contribution in [2.45, 2.75) is 12.3 Å². The van der Waals surface area contributed by atoms with Crippen LogP contribution in [0.4, 0.5) is 0 Å². The van der Waals surface area contributed by atoms with E-state index in [4.69, 9.17) is 11.6 Å². The molecule has 0 saturated carbocycles. The number of carbonyl (C=O) groups is 1. The van der Waals surface area contributed by atoms with Crippen molar-refractivity contribution in [1.82, 2.24) is 4.98 Å². The van der Waals surface area contributed by atoms with Crippen LogP contribution >= 0.6 is 22.9 Å². The van der Waals surface area contributed by atoms with Crippen LogP contribution in [0.1, 0.15) is 32.5 Å². The average Bonchev–Trinajstić information content (AvgIpc) is 2.79. The molecule has 0 fully saturated rings. The molecule has 2 nitrogen and oxygen atoms in total. The molecule has 1 atom stereocenters. The van der Waals surface area contributed by atoms with Crippen molar-refractivity contribution in [2.75, 3.05) is 5.88 Å². The molecule has 0 aliphatic heterocycles. The zero-order valence-corrected chi connectivity index (χ0v) is 10.6. The molecule has 1 aliphatic rings. The molecule has 0 radical (unpaired) electrons. The fraction of sp³-hybridized carbons (Fsp3) is 0.231. The number of nitrogens with zero attached hydrogens (tertiary/aromatic N) is 1. The van der Waals surface area contributed by atoms with Gasteiger partial charge in [-0.3, -0.25) is 4.79 Å². The summed E-state index contributed by atoms with van der Waals surface area (Å²) in [5.41, 5.74) is 3.23. The minimum absolute atomic E-state index is 0.00439. The van der Waals surface area contributed by atoms with Gasteiger partial charge in [-0.05, 0) is 17.5 Å². The van der Waals surface area contributed by atoms with Crippen molar-refractivity contribution < 1.29 is 4.79 Å². The molecule has 0 amide bonds. The predicted molar refractivity (Wildman–Crippen MR) is 69.2 cm³/mol. The van der Waals surface area contributed by atoms with E-state index in [-0.39, 0.29) is 11.7 Å². The molecular formula is C13H10ClNOS. The molecule has 2 aromatic rings. The van der Waals surface area contributed by atoms with E-state index >= 15 is 0 Å². The Hall–Kier alpha value is -1.19. The summed E-state index contributed by atoms with van der Waals surface area (Å²) in [5, 5.41) is 2.83. The molecule has 0 saturated heterocycles. The molecule has 0 N–H and O–H groups in total. The van der Waals surface area contributed by atoms with Gasteiger partial charge < -0.3 is 0 Å². The lowest BCUT2D eigenvalue weighted by atomic mass is 9.78. The zero-order valence-electron chi connectivity index (χ0n) is 9.02. The maximum absolute atomic E-state index is 11.4. The number of aromatic nitrogens is 1. The average molecular weight is 264 g/mol. The third-order valence-corrected chi connectivity index (χ3v) is 4.28. The summed E-state index contributed by atoms with van der Waals surface area (Å²) in [6.07, 6.45) is 1.03. The standard InChI is InChI=1S/C13H10ClNOS/c14-6-12(16)11-7-17-13(15-11)10-5-8-3-1-2-4-9(8)10/h1-4,7,10H,5-6H2. The monoisotopic (exact) mass is 263 g/mol. The molecule has 17 heavy (non-hydrogen) atoms. The molecule has 1 aliphatic carbocycles. The topological polar surface area (TPSA) is 30.0 Å². The summed E-state index contributed by atoms with van der Waals surface area (Å²) in [6.45, 7) is 0. The summed E-state index contributed by atoms with van der Waals surface area (Å²) in [6, 6.07) is 8.38. The normalized spacial score (nSPS) is 17.4. The predicted octanol–water partition coefficient (Wildman–Crippen LogP) is 3.25. The van der Waals surface area contributed by atoms with Crippen LogP contribution in [0, 0.1) is 0 Å². The fourth-order valence-electron chi connectivity index (χ4n) is 2.12. The van der Waals surface area contributed by atoms with Crippen LogP contribution in [0.25, 0.3) is 0 Å². The number of fused-ring (bicyclic) bond motifs is 1. The minimum Gasteiger partial charge on any atom is -0.291 e. The Balaban J connectivity index is 1.88. The van der Waals surface area contributed by atoms with Gasteiger partial charge in [0.1, 0.15) is 10.7 Å². The molecule has 0 spiro atoms. The van der Waals surface area contributed by atoms with E-state index in [1.807, 2.05) is 6.07 Å². The molecule has 3 rings (SSSR count). The Bertz CT molecular complexity index is 578. The summed E-state index contributed by atoms with van der Waals surface area (Å²) < 4.78 is 0. The van der Waals surface area contributed by atoms with Crippen molar-refractivity contribution in [3.63, 3.8) is 0 Å². The van der Waals surface area contributed by atoms with Crippen LogP contribution in [0.3, 0.4) is 0 Å². The second-order valence-electron chi connectivity index (χ2n) is 4.08. The van der Waals surface area contributed by atoms with Gasteiger partial charge in [0.2, 0.25) is 0 Å². The summed E-state index contributed by atoms with van der Waals surface area (Å²) in [5.74, 6) is 0.277. The first-order valence-electron chi connectivity index (χ1n) is 5.42. The Labute approximate surface area is 108 Å². The van der Waals surface area contributed by atoms with Gasteiger partial charge >= 0.3 is 0 Å². The molecule has 4 heteroatoms. The summed E-state index contributed by atoms with van der Waals surface area (Å²) in [4.78, 5) is 15.8. The van der Waals surface area contributed by atoms with Crippen molar-refractivity contribution in [2.24, 2.45) is 0 Å². The third-order valence-electron chi connectivity index (χ3n) is 3.08. The number of alkyl halides is 1. The van der Waals surface area contributed by atoms with Crippen LogP contribution in [0.2, 0.25) is 0 Å². The SMILES string of the molecule is O=C(CCl)c1csc(C2Cc3ccccc32)n1. The maximum atomic E-state index is 11.4. The van der Waals surface area contributed by atoms with Crippen LogP contribution in [-0.2, 0) is 6.42 Å². The van der Waals surface area contributed by atoms with Gasteiger partial charge in [-0.15, -0.1) is 22.9 Å². The van der Waals surface area contributed by atoms with E-state index in [0.29, 0.717) is 11.6 Å². The Morgan fingerprint density at radius 3 is 3.06 bits per heavy atom. The van der Waals surface area contributed by atoms with E-state index < -0.39 is 0 Å². The Morgan fingerprint density at radius 1 is 1.47 bits per heavy atom. The number of ketones is 1. The highest BCUT2D eigenvalue weighted by Crippen LogP contribution is 2.40. The first kappa shape index (κ1) is 10.9. The van der Waals surface area contributed by atoms with E-state index in [1.165, 1.54) is 11.1 Å². The second kappa shape index (κ2) is 4.24. The number of benzene rings is 1. The lowest BCUT2D eigenvalue weighted by Crippen LogP contribution is -2.18. The fourth-order valence-corrected chi connectivity index (χ4v) is 3.20. The number of hydrogen-bond donors (Lipinski definition) is 0. The number of Topliss-reactive ketones (excluding diaryl/α,β-unsaturated/α-hetero) is 1. The molecule has 1 aromatic carbocycles. The zero-order chi connectivity index (χ0) is 11.8. The van der Waals surface area contributed by atoms with Crippen LogP contribution < -0.4 is 0 Å². The number of thiazole rings is 1. The second-order valence-corrected chi connectivity index (χ2v) is 5.24. The molecule has 0 bridgehead atoms. The molecular weight excluding hydrogens is 254 g/mol. The van der Waals surface area contributed by atoms with Crippen molar-refractivity contribution in [3.8, 4) is 0 Å². The van der Waals surface area contributed by atoms with Gasteiger partial charge in [0.25, 0.3) is 0 Å². The first-order valence-corrected chi connectivity index (χ1v) is 6.83. The highest BCUT2D eigenvalue weighted by Gasteiger charge is 2.29. The lowest BCUT2D eigenvalue weighted by Gasteiger charge is -2.28. The van der Waals surface area contributed by atoms with E-state index in [1.54, 1.807) is 16.7 Å². The Morgan fingerprint density at radius 2 is 2.29 bits per heavy atom. The van der Waals surface area contributed by atoms with Gasteiger partial charge in [-0.25, -0.2) is 4.98 Å². The quantitative estimate of drug-likeness (QED) is 0.629. The van der Waals surface area contributed by atoms with E-state index in [2.05, 4.69) is 23.2 Å². The van der Waals surface area contributed by atoms with Crippen LogP contribution in [-0.4, -0.2) is 16.6 Å². The number of halogens is 1. The number of carbonyl (C=O) groups excluding carboxylic acids is 1. The highest BCUT2D eigenvalue weighted by atomic mass is 35.5. The largest absolute Gasteiger partial charge is 0.291 e. The van der Waals surface area contributed by atoms with Crippen molar-refractivity contribution >= 4 is 28.7 Å². The van der Waals surface area contributed by atoms with Gasteiger partial charge in [-0.2, -0.15) is 0 Å². The van der Waals surface area contributed by atoms with Crippen LogP contribution in [0.5, 0.6) is 0 Å². The summed E-state index contributed by atoms with van der Waals surface area (Å²) >= 11 is 7.07. The smallest absolute Gasteiger partial charge is 0.196 e. The minimum atomic E-state index is -0.0956. The van der Waals surface area contributed by atoms with E-state index in [9.17, 15) is 4.79 Å². The first-order chi connectivity index (χ1) is 8.29. The van der Waals surface area contributed by atoms with Gasteiger partial charge in [0.15, 0.2) is 5.78 Å². The molecule has 86 valence electrons. The van der Waals surface area contributed by atoms with Crippen LogP contribution in [0.15, 0.2) is 29.6 Å². The van der Waals surface area contributed by atoms with Gasteiger partial charge in [0.05, 0.1) is 5.88 Å². The third kappa shape index (κ3) is 1.79. The number of hydrogen-bond acceptors (Lipinski definition) is 3. The molecule has 1 heterocycles. The van der Waals surface area contributed by atoms with E-state index in [0.717, 1.165) is 11.4 Å². The number of rotatable bonds is 3. The molecule has 1 unspecified atom stereocenters. The summed E-state index contributed by atoms with van der Waals surface area (Å²) in [7, 11) is 0. The van der Waals surface area contributed by atoms with Gasteiger partial charge in [0, 0.05) is 11.3 Å². The van der Waals surface area contributed by atoms with Gasteiger partial charge in [-0.1, -0.05) is 24.3 Å². The highest BCUT2D eigenvalue weighted by molar-refractivity contribution is 7.10.